The summed E-state index contributed by atoms with van der Waals surface area (Å²) >= 11 is 2.01. The van der Waals surface area contributed by atoms with E-state index in [1.807, 2.05) is 11.8 Å². The Bertz CT molecular complexity index is 560. The molecule has 1 aliphatic rings. The minimum atomic E-state index is 0.736. The molecule has 1 heterocycles. The minimum absolute atomic E-state index is 0.736. The second-order valence-corrected chi connectivity index (χ2v) is 6.79. The number of nitrogens with zero attached hydrogens (tertiary/aromatic N) is 2. The van der Waals surface area contributed by atoms with Crippen LogP contribution in [0.4, 0.5) is 0 Å². The van der Waals surface area contributed by atoms with Crippen molar-refractivity contribution in [2.24, 2.45) is 0 Å². The van der Waals surface area contributed by atoms with Gasteiger partial charge in [-0.05, 0) is 36.8 Å². The number of rotatable bonds is 8. The Morgan fingerprint density at radius 2 is 2.20 bits per heavy atom. The zero-order chi connectivity index (χ0) is 13.8. The van der Waals surface area contributed by atoms with Gasteiger partial charge in [0.05, 0.1) is 11.2 Å². The molecule has 0 atom stereocenters. The normalized spacial score (nSPS) is 15.1. The molecule has 0 radical (unpaired) electrons. The van der Waals surface area contributed by atoms with Gasteiger partial charge in [-0.3, -0.25) is 4.68 Å². The summed E-state index contributed by atoms with van der Waals surface area (Å²) in [6.45, 7) is 4.15. The average Bonchev–Trinajstić information content (AvgIpc) is 3.24. The monoisotopic (exact) mass is 289 g/mol. The van der Waals surface area contributed by atoms with Crippen molar-refractivity contribution in [1.29, 1.82) is 0 Å². The van der Waals surface area contributed by atoms with Gasteiger partial charge in [0.2, 0.25) is 0 Å². The molecule has 0 spiro atoms. The number of aromatic nitrogens is 2. The van der Waals surface area contributed by atoms with E-state index in [1.165, 1.54) is 47.4 Å². The van der Waals surface area contributed by atoms with E-state index in [9.17, 15) is 0 Å². The number of nitrogens with one attached hydrogen (secondary N) is 1. The van der Waals surface area contributed by atoms with Gasteiger partial charge in [0, 0.05) is 24.5 Å². The summed E-state index contributed by atoms with van der Waals surface area (Å²) in [6.07, 6.45) is 3.85. The van der Waals surface area contributed by atoms with Crippen LogP contribution in [0.15, 0.2) is 24.3 Å². The van der Waals surface area contributed by atoms with Gasteiger partial charge in [0.15, 0.2) is 0 Å². The van der Waals surface area contributed by atoms with Crippen LogP contribution in [0.1, 0.15) is 31.9 Å². The van der Waals surface area contributed by atoms with Gasteiger partial charge >= 0.3 is 0 Å². The number of para-hydroxylation sites is 1. The van der Waals surface area contributed by atoms with Crippen LogP contribution in [0.2, 0.25) is 0 Å². The summed E-state index contributed by atoms with van der Waals surface area (Å²) < 4.78 is 2.19. The van der Waals surface area contributed by atoms with Crippen molar-refractivity contribution < 1.29 is 0 Å². The van der Waals surface area contributed by atoms with Gasteiger partial charge in [-0.1, -0.05) is 25.1 Å². The topological polar surface area (TPSA) is 29.9 Å². The fourth-order valence-electron chi connectivity index (χ4n) is 2.49. The summed E-state index contributed by atoms with van der Waals surface area (Å²) in [5.41, 5.74) is 2.48. The fourth-order valence-corrected chi connectivity index (χ4v) is 3.11. The quantitative estimate of drug-likeness (QED) is 0.755. The first-order chi connectivity index (χ1) is 9.88. The molecule has 0 amide bonds. The molecule has 1 saturated carbocycles. The molecule has 108 valence electrons. The van der Waals surface area contributed by atoms with E-state index in [0.717, 1.165) is 19.1 Å². The molecule has 1 aromatic carbocycles. The summed E-state index contributed by atoms with van der Waals surface area (Å²) in [6, 6.07) is 9.35. The van der Waals surface area contributed by atoms with Gasteiger partial charge in [0.1, 0.15) is 0 Å². The van der Waals surface area contributed by atoms with Crippen LogP contribution in [0.5, 0.6) is 0 Å². The molecule has 1 fully saturated rings. The molecule has 4 heteroatoms. The Morgan fingerprint density at radius 1 is 1.35 bits per heavy atom. The number of aryl methyl sites for hydroxylation is 1. The maximum absolute atomic E-state index is 4.83. The molecule has 3 nitrogen and oxygen atoms in total. The number of fused-ring (bicyclic) bond motifs is 1. The third kappa shape index (κ3) is 3.36. The zero-order valence-corrected chi connectivity index (χ0v) is 13.0. The predicted molar refractivity (Wildman–Crippen MR) is 87.2 cm³/mol. The Labute approximate surface area is 125 Å². The van der Waals surface area contributed by atoms with Crippen LogP contribution in [-0.4, -0.2) is 27.3 Å². The molecule has 0 aliphatic heterocycles. The van der Waals surface area contributed by atoms with Crippen LogP contribution < -0.4 is 5.32 Å². The highest BCUT2D eigenvalue weighted by Gasteiger charge is 2.21. The van der Waals surface area contributed by atoms with Crippen LogP contribution in [0.25, 0.3) is 10.9 Å². The zero-order valence-electron chi connectivity index (χ0n) is 12.1. The molecular formula is C16H23N3S. The van der Waals surface area contributed by atoms with Gasteiger partial charge < -0.3 is 5.32 Å². The van der Waals surface area contributed by atoms with Crippen molar-refractivity contribution in [2.45, 2.75) is 45.3 Å². The lowest BCUT2D eigenvalue weighted by molar-refractivity contribution is 0.598. The van der Waals surface area contributed by atoms with Gasteiger partial charge in [-0.15, -0.1) is 0 Å². The van der Waals surface area contributed by atoms with Gasteiger partial charge in [-0.25, -0.2) is 0 Å². The Hall–Kier alpha value is -1.00. The number of hydrogen-bond donors (Lipinski definition) is 1. The van der Waals surface area contributed by atoms with Crippen molar-refractivity contribution in [3.8, 4) is 0 Å². The molecule has 20 heavy (non-hydrogen) atoms. The van der Waals surface area contributed by atoms with E-state index < -0.39 is 0 Å². The Kier molecular flexibility index (Phi) is 4.63. The van der Waals surface area contributed by atoms with E-state index in [0.29, 0.717) is 0 Å². The SMILES string of the molecule is CCSCCCn1nc(CNC2CC2)c2ccccc21. The Balaban J connectivity index is 1.72. The molecule has 2 aromatic rings. The van der Waals surface area contributed by atoms with E-state index >= 15 is 0 Å². The first-order valence-corrected chi connectivity index (χ1v) is 8.79. The third-order valence-electron chi connectivity index (χ3n) is 3.73. The lowest BCUT2D eigenvalue weighted by Crippen LogP contribution is -2.16. The molecule has 0 unspecified atom stereocenters. The van der Waals surface area contributed by atoms with Crippen molar-refractivity contribution >= 4 is 22.7 Å². The van der Waals surface area contributed by atoms with E-state index in [4.69, 9.17) is 5.10 Å². The molecule has 0 bridgehead atoms. The summed E-state index contributed by atoms with van der Waals surface area (Å²) in [4.78, 5) is 0. The average molecular weight is 289 g/mol. The fraction of sp³-hybridized carbons (Fsp3) is 0.562. The Morgan fingerprint density at radius 3 is 3.00 bits per heavy atom. The van der Waals surface area contributed by atoms with E-state index in [1.54, 1.807) is 0 Å². The lowest BCUT2D eigenvalue weighted by atomic mass is 10.2. The molecule has 1 N–H and O–H groups in total. The second kappa shape index (κ2) is 6.64. The van der Waals surface area contributed by atoms with Crippen molar-refractivity contribution in [3.05, 3.63) is 30.0 Å². The lowest BCUT2D eigenvalue weighted by Gasteiger charge is -2.02. The van der Waals surface area contributed by atoms with E-state index in [-0.39, 0.29) is 0 Å². The van der Waals surface area contributed by atoms with Gasteiger partial charge in [-0.2, -0.15) is 16.9 Å². The van der Waals surface area contributed by atoms with Crippen LogP contribution in [-0.2, 0) is 13.1 Å². The third-order valence-corrected chi connectivity index (χ3v) is 4.72. The minimum Gasteiger partial charge on any atom is -0.308 e. The maximum atomic E-state index is 4.83. The van der Waals surface area contributed by atoms with Crippen LogP contribution in [0, 0.1) is 0 Å². The highest BCUT2D eigenvalue weighted by atomic mass is 32.2. The molecule has 3 rings (SSSR count). The van der Waals surface area contributed by atoms with Gasteiger partial charge in [0.25, 0.3) is 0 Å². The van der Waals surface area contributed by atoms with E-state index in [2.05, 4.69) is 41.2 Å². The van der Waals surface area contributed by atoms with Crippen molar-refractivity contribution in [2.75, 3.05) is 11.5 Å². The molecule has 0 saturated heterocycles. The number of benzene rings is 1. The van der Waals surface area contributed by atoms with Crippen LogP contribution >= 0.6 is 11.8 Å². The maximum Gasteiger partial charge on any atom is 0.0841 e. The first-order valence-electron chi connectivity index (χ1n) is 7.64. The molecule has 1 aromatic heterocycles. The molecule has 1 aliphatic carbocycles. The standard InChI is InChI=1S/C16H23N3S/c1-2-20-11-5-10-19-16-7-4-3-6-14(16)15(18-19)12-17-13-8-9-13/h3-4,6-7,13,17H,2,5,8-12H2,1H3. The summed E-state index contributed by atoms with van der Waals surface area (Å²) in [5, 5.41) is 9.72. The van der Waals surface area contributed by atoms with Crippen molar-refractivity contribution in [1.82, 2.24) is 15.1 Å². The summed E-state index contributed by atoms with van der Waals surface area (Å²) in [5.74, 6) is 2.43. The van der Waals surface area contributed by atoms with Crippen LogP contribution in [0.3, 0.4) is 0 Å². The predicted octanol–water partition coefficient (Wildman–Crippen LogP) is 3.43. The number of thioether (sulfide) groups is 1. The smallest absolute Gasteiger partial charge is 0.0841 e. The number of hydrogen-bond acceptors (Lipinski definition) is 3. The highest BCUT2D eigenvalue weighted by molar-refractivity contribution is 7.99. The van der Waals surface area contributed by atoms with Crippen molar-refractivity contribution in [3.63, 3.8) is 0 Å². The second-order valence-electron chi connectivity index (χ2n) is 5.39. The largest absolute Gasteiger partial charge is 0.308 e. The molecular weight excluding hydrogens is 266 g/mol. The first kappa shape index (κ1) is 14.0. The summed E-state index contributed by atoms with van der Waals surface area (Å²) in [7, 11) is 0. The highest BCUT2D eigenvalue weighted by Crippen LogP contribution is 2.22.